The number of aryl methyl sites for hydroxylation is 1. The summed E-state index contributed by atoms with van der Waals surface area (Å²) in [6, 6.07) is 7.16. The summed E-state index contributed by atoms with van der Waals surface area (Å²) in [5.41, 5.74) is 4.22. The number of ether oxygens (including phenoxy) is 1. The molecule has 1 aromatic carbocycles. The number of hydrogen-bond acceptors (Lipinski definition) is 3. The van der Waals surface area contributed by atoms with Crippen LogP contribution < -0.4 is 5.32 Å². The van der Waals surface area contributed by atoms with Gasteiger partial charge in [-0.1, -0.05) is 30.7 Å². The van der Waals surface area contributed by atoms with E-state index in [9.17, 15) is 5.11 Å². The second kappa shape index (κ2) is 6.51. The first-order valence-electron chi connectivity index (χ1n) is 7.11. The van der Waals surface area contributed by atoms with Crippen LogP contribution in [0.3, 0.4) is 0 Å². The minimum Gasteiger partial charge on any atom is -0.391 e. The summed E-state index contributed by atoms with van der Waals surface area (Å²) in [6.07, 6.45) is 1.51. The number of fused-ring (bicyclic) bond motifs is 1. The number of hydrogen-bond donors (Lipinski definition) is 2. The molecule has 3 unspecified atom stereocenters. The van der Waals surface area contributed by atoms with Crippen LogP contribution in [0.1, 0.15) is 36.1 Å². The van der Waals surface area contributed by atoms with Gasteiger partial charge in [-0.15, -0.1) is 0 Å². The highest BCUT2D eigenvalue weighted by atomic mass is 16.5. The van der Waals surface area contributed by atoms with Crippen LogP contribution in [0.25, 0.3) is 0 Å². The summed E-state index contributed by atoms with van der Waals surface area (Å²) in [4.78, 5) is 0. The molecule has 0 aliphatic heterocycles. The Kier molecular flexibility index (Phi) is 4.97. The van der Waals surface area contributed by atoms with Gasteiger partial charge in [-0.3, -0.25) is 0 Å². The molecule has 0 aromatic heterocycles. The van der Waals surface area contributed by atoms with Gasteiger partial charge in [0, 0.05) is 13.2 Å². The van der Waals surface area contributed by atoms with Gasteiger partial charge < -0.3 is 15.2 Å². The Hall–Kier alpha value is -0.900. The third-order valence-electron chi connectivity index (χ3n) is 3.95. The monoisotopic (exact) mass is 263 g/mol. The zero-order valence-corrected chi connectivity index (χ0v) is 12.1. The average molecular weight is 263 g/mol. The highest BCUT2D eigenvalue weighted by molar-refractivity contribution is 5.38. The Labute approximate surface area is 116 Å². The van der Waals surface area contributed by atoms with Crippen LogP contribution in [0.4, 0.5) is 0 Å². The first-order valence-corrected chi connectivity index (χ1v) is 7.11. The van der Waals surface area contributed by atoms with Crippen molar-refractivity contribution in [1.29, 1.82) is 0 Å². The zero-order valence-electron chi connectivity index (χ0n) is 12.1. The largest absolute Gasteiger partial charge is 0.391 e. The number of rotatable bonds is 6. The molecular weight excluding hydrogens is 238 g/mol. The molecule has 1 aliphatic carbocycles. The molecule has 0 spiro atoms. The topological polar surface area (TPSA) is 41.5 Å². The van der Waals surface area contributed by atoms with Crippen molar-refractivity contribution >= 4 is 0 Å². The van der Waals surface area contributed by atoms with Crippen LogP contribution in [0, 0.1) is 12.8 Å². The number of benzene rings is 1. The predicted molar refractivity (Wildman–Crippen MR) is 77.3 cm³/mol. The molecule has 1 aromatic rings. The molecule has 2 N–H and O–H groups in total. The lowest BCUT2D eigenvalue weighted by atomic mass is 10.0. The molecular formula is C16H25NO2. The number of aliphatic hydroxyl groups excluding tert-OH is 1. The molecule has 0 heterocycles. The van der Waals surface area contributed by atoms with Crippen LogP contribution in [-0.4, -0.2) is 31.5 Å². The third kappa shape index (κ3) is 3.56. The van der Waals surface area contributed by atoms with Gasteiger partial charge in [-0.25, -0.2) is 0 Å². The van der Waals surface area contributed by atoms with Crippen molar-refractivity contribution in [3.8, 4) is 0 Å². The summed E-state index contributed by atoms with van der Waals surface area (Å²) in [5, 5.41) is 13.3. The third-order valence-corrected chi connectivity index (χ3v) is 3.95. The van der Waals surface area contributed by atoms with Gasteiger partial charge in [0.2, 0.25) is 0 Å². The SMILES string of the molecule is COCC(O)CCNC1c2cc(C)ccc2CC1C. The lowest BCUT2D eigenvalue weighted by Gasteiger charge is -2.20. The maximum atomic E-state index is 9.66. The van der Waals surface area contributed by atoms with Gasteiger partial charge in [-0.2, -0.15) is 0 Å². The van der Waals surface area contributed by atoms with Gasteiger partial charge in [0.15, 0.2) is 0 Å². The molecule has 3 heteroatoms. The fourth-order valence-corrected chi connectivity index (χ4v) is 2.95. The summed E-state index contributed by atoms with van der Waals surface area (Å²) in [6.45, 7) is 5.67. The van der Waals surface area contributed by atoms with Crippen LogP contribution >= 0.6 is 0 Å². The van der Waals surface area contributed by atoms with E-state index in [-0.39, 0.29) is 6.10 Å². The van der Waals surface area contributed by atoms with E-state index in [2.05, 4.69) is 37.4 Å². The van der Waals surface area contributed by atoms with Gasteiger partial charge in [0.1, 0.15) is 0 Å². The number of aliphatic hydroxyl groups is 1. The quantitative estimate of drug-likeness (QED) is 0.827. The van der Waals surface area contributed by atoms with Gasteiger partial charge in [0.25, 0.3) is 0 Å². The van der Waals surface area contributed by atoms with Gasteiger partial charge >= 0.3 is 0 Å². The van der Waals surface area contributed by atoms with Crippen LogP contribution in [0.2, 0.25) is 0 Å². The molecule has 0 bridgehead atoms. The van der Waals surface area contributed by atoms with Gasteiger partial charge in [-0.05, 0) is 43.4 Å². The second-order valence-electron chi connectivity index (χ2n) is 5.71. The zero-order chi connectivity index (χ0) is 13.8. The Morgan fingerprint density at radius 2 is 2.26 bits per heavy atom. The Morgan fingerprint density at radius 3 is 3.00 bits per heavy atom. The Morgan fingerprint density at radius 1 is 1.47 bits per heavy atom. The van der Waals surface area contributed by atoms with Crippen molar-refractivity contribution in [3.05, 3.63) is 34.9 Å². The predicted octanol–water partition coefficient (Wildman–Crippen LogP) is 2.22. The molecule has 0 radical (unpaired) electrons. The molecule has 0 amide bonds. The van der Waals surface area contributed by atoms with Crippen LogP contribution in [0.5, 0.6) is 0 Å². The van der Waals surface area contributed by atoms with E-state index in [4.69, 9.17) is 4.74 Å². The van der Waals surface area contributed by atoms with Crippen molar-refractivity contribution in [2.24, 2.45) is 5.92 Å². The minimum absolute atomic E-state index is 0.369. The molecule has 3 atom stereocenters. The fraction of sp³-hybridized carbons (Fsp3) is 0.625. The standard InChI is InChI=1S/C16H25NO2/c1-11-4-5-13-9-12(2)16(15(13)8-11)17-7-6-14(18)10-19-3/h4-5,8,12,14,16-18H,6-7,9-10H2,1-3H3. The molecule has 19 heavy (non-hydrogen) atoms. The lowest BCUT2D eigenvalue weighted by Crippen LogP contribution is -2.28. The van der Waals surface area contributed by atoms with Gasteiger partial charge in [0.05, 0.1) is 12.7 Å². The van der Waals surface area contributed by atoms with Crippen molar-refractivity contribution in [2.75, 3.05) is 20.3 Å². The fourth-order valence-electron chi connectivity index (χ4n) is 2.95. The highest BCUT2D eigenvalue weighted by Crippen LogP contribution is 2.36. The molecule has 106 valence electrons. The summed E-state index contributed by atoms with van der Waals surface area (Å²) >= 11 is 0. The smallest absolute Gasteiger partial charge is 0.0785 e. The Bertz CT molecular complexity index is 419. The second-order valence-corrected chi connectivity index (χ2v) is 5.71. The molecule has 1 aliphatic rings. The molecule has 0 saturated carbocycles. The number of nitrogens with one attached hydrogen (secondary N) is 1. The van der Waals surface area contributed by atoms with Crippen molar-refractivity contribution in [2.45, 2.75) is 38.8 Å². The van der Waals surface area contributed by atoms with Crippen molar-refractivity contribution < 1.29 is 9.84 Å². The van der Waals surface area contributed by atoms with E-state index in [0.29, 0.717) is 18.6 Å². The maximum Gasteiger partial charge on any atom is 0.0785 e. The molecule has 0 fully saturated rings. The van der Waals surface area contributed by atoms with Crippen molar-refractivity contribution in [3.63, 3.8) is 0 Å². The molecule has 3 nitrogen and oxygen atoms in total. The van der Waals surface area contributed by atoms with E-state index >= 15 is 0 Å². The minimum atomic E-state index is -0.369. The van der Waals surface area contributed by atoms with E-state index < -0.39 is 0 Å². The number of methoxy groups -OCH3 is 1. The van der Waals surface area contributed by atoms with E-state index in [0.717, 1.165) is 19.4 Å². The summed E-state index contributed by atoms with van der Waals surface area (Å²) < 4.78 is 4.94. The van der Waals surface area contributed by atoms with E-state index in [1.807, 2.05) is 0 Å². The normalized spacial score (nSPS) is 23.4. The molecule has 2 rings (SSSR count). The first-order chi connectivity index (χ1) is 9.11. The van der Waals surface area contributed by atoms with E-state index in [1.54, 1.807) is 7.11 Å². The van der Waals surface area contributed by atoms with Crippen LogP contribution in [-0.2, 0) is 11.2 Å². The maximum absolute atomic E-state index is 9.66. The van der Waals surface area contributed by atoms with E-state index in [1.165, 1.54) is 16.7 Å². The summed E-state index contributed by atoms with van der Waals surface area (Å²) in [5.74, 6) is 0.622. The average Bonchev–Trinajstić information content (AvgIpc) is 2.66. The highest BCUT2D eigenvalue weighted by Gasteiger charge is 2.28. The lowest BCUT2D eigenvalue weighted by molar-refractivity contribution is 0.0587. The summed E-state index contributed by atoms with van der Waals surface area (Å²) in [7, 11) is 1.62. The van der Waals surface area contributed by atoms with Crippen molar-refractivity contribution in [1.82, 2.24) is 5.32 Å². The first kappa shape index (κ1) is 14.5. The molecule has 0 saturated heterocycles. The Balaban J connectivity index is 1.92. The van der Waals surface area contributed by atoms with Crippen LogP contribution in [0.15, 0.2) is 18.2 Å².